The topological polar surface area (TPSA) is 64.1 Å². The first-order valence-corrected chi connectivity index (χ1v) is 22.0. The van der Waals surface area contributed by atoms with E-state index in [1.165, 1.54) is 5.56 Å². The molecule has 0 spiro atoms. The van der Waals surface area contributed by atoms with Crippen LogP contribution in [0.2, 0.25) is 0 Å². The molecule has 0 aliphatic heterocycles. The summed E-state index contributed by atoms with van der Waals surface area (Å²) in [6.45, 7) is 19.9. The van der Waals surface area contributed by atoms with Gasteiger partial charge in [0.05, 0.1) is 33.4 Å². The number of aromatic nitrogens is 3. The highest BCUT2D eigenvalue weighted by Crippen LogP contribution is 2.46. The van der Waals surface area contributed by atoms with Crippen LogP contribution in [0, 0.1) is 0 Å². The summed E-state index contributed by atoms with van der Waals surface area (Å²) in [4.78, 5) is 10.6. The van der Waals surface area contributed by atoms with Crippen LogP contribution in [0.5, 0.6) is 5.75 Å². The third-order valence-electron chi connectivity index (χ3n) is 12.6. The molecule has 10 rings (SSSR count). The lowest BCUT2D eigenvalue weighted by Crippen LogP contribution is -2.17. The van der Waals surface area contributed by atoms with Crippen molar-refractivity contribution in [1.29, 1.82) is 0 Å². The van der Waals surface area contributed by atoms with Crippen molar-refractivity contribution in [2.45, 2.75) is 78.6 Å². The minimum Gasteiger partial charge on any atom is -0.507 e. The van der Waals surface area contributed by atoms with Gasteiger partial charge in [0.25, 0.3) is 0 Å². The maximum atomic E-state index is 12.5. The summed E-state index contributed by atoms with van der Waals surface area (Å²) in [6.07, 6.45) is 1.84. The zero-order chi connectivity index (χ0) is 44.0. The van der Waals surface area contributed by atoms with E-state index in [2.05, 4.69) is 206 Å². The zero-order valence-corrected chi connectivity index (χ0v) is 37.6. The predicted octanol–water partition coefficient (Wildman–Crippen LogP) is 15.7. The lowest BCUT2D eigenvalue weighted by atomic mass is 9.79. The SMILES string of the molecule is CC(C)(C)c1ccc(-n2c(-c3cc(C(C)(C)C)cc(C(C)(C)C)c3O)nc3c(-c4cccc(-c5nccc6oc7c8ccccc8ccc7c56)c4)cccc32)c(-c2ccccc2)c1. The first-order valence-electron chi connectivity index (χ1n) is 22.0. The molecule has 7 aromatic carbocycles. The van der Waals surface area contributed by atoms with Crippen LogP contribution in [-0.4, -0.2) is 19.6 Å². The van der Waals surface area contributed by atoms with E-state index in [0.717, 1.165) is 94.1 Å². The molecule has 0 aliphatic rings. The van der Waals surface area contributed by atoms with E-state index in [-0.39, 0.29) is 22.0 Å². The molecule has 3 aromatic heterocycles. The van der Waals surface area contributed by atoms with Gasteiger partial charge in [0.2, 0.25) is 0 Å². The molecule has 0 fully saturated rings. The number of hydrogen-bond acceptors (Lipinski definition) is 4. The van der Waals surface area contributed by atoms with Crippen LogP contribution in [-0.2, 0) is 16.2 Å². The number of aromatic hydroxyl groups is 1. The van der Waals surface area contributed by atoms with E-state index >= 15 is 0 Å². The van der Waals surface area contributed by atoms with Crippen LogP contribution >= 0.6 is 0 Å². The number of furan rings is 1. The average Bonchev–Trinajstić information content (AvgIpc) is 3.85. The van der Waals surface area contributed by atoms with Crippen molar-refractivity contribution >= 4 is 43.7 Å². The van der Waals surface area contributed by atoms with Crippen LogP contribution in [0.4, 0.5) is 0 Å². The molecule has 10 aromatic rings. The van der Waals surface area contributed by atoms with E-state index in [4.69, 9.17) is 14.4 Å². The van der Waals surface area contributed by atoms with Gasteiger partial charge in [-0.2, -0.15) is 0 Å². The van der Waals surface area contributed by atoms with Gasteiger partial charge in [0, 0.05) is 39.2 Å². The molecule has 0 atom stereocenters. The Morgan fingerprint density at radius 2 is 1.24 bits per heavy atom. The summed E-state index contributed by atoms with van der Waals surface area (Å²) in [7, 11) is 0. The maximum Gasteiger partial charge on any atom is 0.149 e. The minimum atomic E-state index is -0.323. The predicted molar refractivity (Wildman–Crippen MR) is 263 cm³/mol. The molecular weight excluding hydrogens is 771 g/mol. The number of rotatable bonds is 5. The average molecular weight is 824 g/mol. The molecule has 0 amide bonds. The molecule has 0 saturated heterocycles. The quantitative estimate of drug-likeness (QED) is 0.188. The normalized spacial score (nSPS) is 12.6. The number of imidazole rings is 1. The van der Waals surface area contributed by atoms with Crippen LogP contribution in [0.25, 0.3) is 94.3 Å². The Bertz CT molecular complexity index is 3400. The highest BCUT2D eigenvalue weighted by Gasteiger charge is 2.30. The molecule has 5 nitrogen and oxygen atoms in total. The molecule has 5 heteroatoms. The number of phenolic OH excluding ortho intramolecular Hbond substituents is 1. The maximum absolute atomic E-state index is 12.5. The van der Waals surface area contributed by atoms with Gasteiger partial charge >= 0.3 is 0 Å². The van der Waals surface area contributed by atoms with Crippen LogP contribution in [0.1, 0.15) is 79.0 Å². The Morgan fingerprint density at radius 3 is 2.00 bits per heavy atom. The second kappa shape index (κ2) is 14.6. The largest absolute Gasteiger partial charge is 0.507 e. The molecule has 1 N–H and O–H groups in total. The van der Waals surface area contributed by atoms with Gasteiger partial charge in [-0.3, -0.25) is 9.55 Å². The highest BCUT2D eigenvalue weighted by atomic mass is 16.3. The molecular formula is C58H53N3O2. The number of nitrogens with zero attached hydrogens (tertiary/aromatic N) is 3. The van der Waals surface area contributed by atoms with Crippen molar-refractivity contribution in [2.75, 3.05) is 0 Å². The van der Waals surface area contributed by atoms with E-state index in [1.807, 2.05) is 12.3 Å². The van der Waals surface area contributed by atoms with E-state index in [0.29, 0.717) is 11.4 Å². The van der Waals surface area contributed by atoms with Gasteiger partial charge < -0.3 is 9.52 Å². The van der Waals surface area contributed by atoms with Crippen LogP contribution in [0.3, 0.4) is 0 Å². The van der Waals surface area contributed by atoms with Gasteiger partial charge in [0.15, 0.2) is 0 Å². The summed E-state index contributed by atoms with van der Waals surface area (Å²) >= 11 is 0. The minimum absolute atomic E-state index is 0.0727. The fraction of sp³-hybridized carbons (Fsp3) is 0.207. The number of fused-ring (bicyclic) bond motifs is 6. The fourth-order valence-electron chi connectivity index (χ4n) is 9.11. The second-order valence-corrected chi connectivity index (χ2v) is 20.1. The van der Waals surface area contributed by atoms with E-state index in [9.17, 15) is 5.11 Å². The first kappa shape index (κ1) is 40.1. The number of benzene rings is 7. The molecule has 3 heterocycles. The monoisotopic (exact) mass is 823 g/mol. The summed E-state index contributed by atoms with van der Waals surface area (Å²) in [6, 6.07) is 51.4. The third-order valence-corrected chi connectivity index (χ3v) is 12.6. The molecule has 63 heavy (non-hydrogen) atoms. The van der Waals surface area contributed by atoms with E-state index in [1.54, 1.807) is 0 Å². The van der Waals surface area contributed by atoms with Gasteiger partial charge in [-0.25, -0.2) is 4.98 Å². The summed E-state index contributed by atoms with van der Waals surface area (Å²) in [5, 5.41) is 16.7. The van der Waals surface area contributed by atoms with Gasteiger partial charge in [-0.1, -0.05) is 165 Å². The zero-order valence-electron chi connectivity index (χ0n) is 37.6. The smallest absolute Gasteiger partial charge is 0.149 e. The van der Waals surface area contributed by atoms with Crippen molar-refractivity contribution in [2.24, 2.45) is 0 Å². The molecule has 0 aliphatic carbocycles. The van der Waals surface area contributed by atoms with E-state index < -0.39 is 0 Å². The molecule has 0 radical (unpaired) electrons. The summed E-state index contributed by atoms with van der Waals surface area (Å²) < 4.78 is 8.84. The number of hydrogen-bond donors (Lipinski definition) is 1. The Kier molecular flexibility index (Phi) is 9.27. The molecule has 0 unspecified atom stereocenters. The number of pyridine rings is 1. The van der Waals surface area contributed by atoms with Crippen molar-refractivity contribution in [3.05, 3.63) is 168 Å². The number of phenols is 1. The summed E-state index contributed by atoms with van der Waals surface area (Å²) in [5.41, 5.74) is 13.9. The van der Waals surface area contributed by atoms with Crippen molar-refractivity contribution in [3.63, 3.8) is 0 Å². The Morgan fingerprint density at radius 1 is 0.540 bits per heavy atom. The fourth-order valence-corrected chi connectivity index (χ4v) is 9.11. The first-order chi connectivity index (χ1) is 30.1. The Balaban J connectivity index is 1.25. The lowest BCUT2D eigenvalue weighted by Gasteiger charge is -2.28. The molecule has 312 valence electrons. The van der Waals surface area contributed by atoms with Gasteiger partial charge in [-0.15, -0.1) is 0 Å². The van der Waals surface area contributed by atoms with Crippen molar-refractivity contribution in [3.8, 4) is 56.3 Å². The van der Waals surface area contributed by atoms with Crippen LogP contribution in [0.15, 0.2) is 156 Å². The third kappa shape index (κ3) is 6.87. The highest BCUT2D eigenvalue weighted by molar-refractivity contribution is 6.18. The number of para-hydroxylation sites is 1. The second-order valence-electron chi connectivity index (χ2n) is 20.1. The van der Waals surface area contributed by atoms with Gasteiger partial charge in [-0.05, 0) is 86.3 Å². The Labute approximate surface area is 369 Å². The Hall–Kier alpha value is -6.98. The van der Waals surface area contributed by atoms with Crippen molar-refractivity contribution in [1.82, 2.24) is 14.5 Å². The van der Waals surface area contributed by atoms with Crippen molar-refractivity contribution < 1.29 is 9.52 Å². The summed E-state index contributed by atoms with van der Waals surface area (Å²) in [5.74, 6) is 0.939. The molecule has 0 saturated carbocycles. The van der Waals surface area contributed by atoms with Gasteiger partial charge in [0.1, 0.15) is 22.7 Å². The standard InChI is InChI=1S/C58H53N3O2/c1-56(2,3)39-26-28-47(44(32-39)35-17-11-10-12-18-35)61-48-24-16-23-41(52(48)60-55(61)45-33-40(57(4,5)6)34-46(53(45)62)58(7,8)9)37-20-15-21-38(31-37)51-50-43-27-25-36-19-13-14-22-42(36)54(43)63-49(50)29-30-59-51/h10-34,62H,1-9H3. The van der Waals surface area contributed by atoms with Crippen LogP contribution < -0.4 is 0 Å². The lowest BCUT2D eigenvalue weighted by molar-refractivity contribution is 0.446. The molecule has 0 bridgehead atoms.